The van der Waals surface area contributed by atoms with Gasteiger partial charge in [-0.1, -0.05) is 57.0 Å². The van der Waals surface area contributed by atoms with E-state index in [1.54, 1.807) is 0 Å². The number of hydrogen-bond donors (Lipinski definition) is 0. The molecule has 0 saturated carbocycles. The van der Waals surface area contributed by atoms with Gasteiger partial charge in [-0.05, 0) is 74.5 Å². The topological polar surface area (TPSA) is 51.2 Å². The Labute approximate surface area is 209 Å². The molecule has 0 unspecified atom stereocenters. The molecule has 1 aliphatic heterocycles. The largest absolute Gasteiger partial charge is 0.303 e. The van der Waals surface area contributed by atoms with Crippen LogP contribution in [0.2, 0.25) is 0 Å². The molecule has 6 nitrogen and oxygen atoms in total. The van der Waals surface area contributed by atoms with Gasteiger partial charge in [-0.3, -0.25) is 4.68 Å². The zero-order chi connectivity index (χ0) is 24.0. The average Bonchev–Trinajstić information content (AvgIpc) is 3.64. The molecular formula is C29H38N6. The first-order valence-corrected chi connectivity index (χ1v) is 13.4. The number of likely N-dealkylation sites (tertiary alicyclic amines) is 1. The quantitative estimate of drug-likeness (QED) is 0.284. The number of pyridine rings is 1. The monoisotopic (exact) mass is 470 g/mol. The predicted molar refractivity (Wildman–Crippen MR) is 142 cm³/mol. The Bertz CT molecular complexity index is 1210. The maximum absolute atomic E-state index is 4.87. The smallest absolute Gasteiger partial charge is 0.156 e. The van der Waals surface area contributed by atoms with Crippen molar-refractivity contribution in [2.45, 2.75) is 65.3 Å². The standard InChI is InChI=1S/C29H38N6/c1-3-23(4-2)21-34-22-26(20-30-34)27-10-7-11-29-31-28(32-35(27)29)19-25-14-12-24(13-15-25)9-8-18-33-16-5-6-17-33/h7,10-15,20,22-23H,3-6,8-9,16-19,21H2,1-2H3. The summed E-state index contributed by atoms with van der Waals surface area (Å²) >= 11 is 0. The van der Waals surface area contributed by atoms with Gasteiger partial charge >= 0.3 is 0 Å². The molecule has 0 atom stereocenters. The second-order valence-electron chi connectivity index (χ2n) is 9.99. The molecule has 35 heavy (non-hydrogen) atoms. The molecule has 6 heteroatoms. The minimum absolute atomic E-state index is 0.660. The summed E-state index contributed by atoms with van der Waals surface area (Å²) in [7, 11) is 0. The van der Waals surface area contributed by atoms with Crippen molar-refractivity contribution in [3.63, 3.8) is 0 Å². The Hall–Kier alpha value is -2.99. The fraction of sp³-hybridized carbons (Fsp3) is 0.483. The molecule has 4 heterocycles. The molecular weight excluding hydrogens is 432 g/mol. The molecule has 5 rings (SSSR count). The van der Waals surface area contributed by atoms with Crippen LogP contribution in [0, 0.1) is 5.92 Å². The fourth-order valence-electron chi connectivity index (χ4n) is 5.17. The van der Waals surface area contributed by atoms with Crippen LogP contribution in [0.3, 0.4) is 0 Å². The molecule has 0 N–H and O–H groups in total. The molecule has 1 saturated heterocycles. The number of aryl methyl sites for hydroxylation is 1. The van der Waals surface area contributed by atoms with E-state index in [-0.39, 0.29) is 0 Å². The normalized spacial score (nSPS) is 14.5. The maximum atomic E-state index is 4.87. The Kier molecular flexibility index (Phi) is 7.57. The predicted octanol–water partition coefficient (Wildman–Crippen LogP) is 5.65. The fourth-order valence-corrected chi connectivity index (χ4v) is 5.17. The second-order valence-corrected chi connectivity index (χ2v) is 9.99. The Morgan fingerprint density at radius 3 is 2.49 bits per heavy atom. The third kappa shape index (κ3) is 5.81. The van der Waals surface area contributed by atoms with Crippen molar-refractivity contribution in [2.75, 3.05) is 19.6 Å². The lowest BCUT2D eigenvalue weighted by Gasteiger charge is -2.13. The molecule has 0 spiro atoms. The number of aromatic nitrogens is 5. The maximum Gasteiger partial charge on any atom is 0.156 e. The number of benzene rings is 1. The highest BCUT2D eigenvalue weighted by Gasteiger charge is 2.13. The average molecular weight is 471 g/mol. The number of hydrogen-bond acceptors (Lipinski definition) is 4. The lowest BCUT2D eigenvalue weighted by molar-refractivity contribution is 0.334. The molecule has 0 aliphatic carbocycles. The first-order valence-electron chi connectivity index (χ1n) is 13.4. The van der Waals surface area contributed by atoms with Gasteiger partial charge in [0.2, 0.25) is 0 Å². The lowest BCUT2D eigenvalue weighted by Crippen LogP contribution is -2.20. The van der Waals surface area contributed by atoms with Gasteiger partial charge in [0.25, 0.3) is 0 Å². The SMILES string of the molecule is CCC(CC)Cn1cc(-c2cccc3nc(Cc4ccc(CCCN5CCCC5)cc4)nn23)cn1. The Balaban J connectivity index is 1.25. The molecule has 0 amide bonds. The minimum atomic E-state index is 0.660. The molecule has 1 aliphatic rings. The van der Waals surface area contributed by atoms with Crippen molar-refractivity contribution < 1.29 is 0 Å². The van der Waals surface area contributed by atoms with E-state index >= 15 is 0 Å². The summed E-state index contributed by atoms with van der Waals surface area (Å²) in [4.78, 5) is 7.40. The third-order valence-corrected chi connectivity index (χ3v) is 7.46. The Morgan fingerprint density at radius 1 is 0.943 bits per heavy atom. The van der Waals surface area contributed by atoms with E-state index in [2.05, 4.69) is 71.1 Å². The van der Waals surface area contributed by atoms with E-state index in [1.165, 1.54) is 62.9 Å². The van der Waals surface area contributed by atoms with Gasteiger partial charge in [0, 0.05) is 24.7 Å². The summed E-state index contributed by atoms with van der Waals surface area (Å²) in [5.74, 6) is 1.51. The van der Waals surface area contributed by atoms with Crippen molar-refractivity contribution in [1.29, 1.82) is 0 Å². The second kappa shape index (κ2) is 11.2. The zero-order valence-corrected chi connectivity index (χ0v) is 21.2. The van der Waals surface area contributed by atoms with Gasteiger partial charge < -0.3 is 4.90 Å². The van der Waals surface area contributed by atoms with Gasteiger partial charge in [-0.25, -0.2) is 9.50 Å². The number of rotatable bonds is 11. The molecule has 0 bridgehead atoms. The van der Waals surface area contributed by atoms with Crippen LogP contribution in [0.25, 0.3) is 16.9 Å². The minimum Gasteiger partial charge on any atom is -0.303 e. The van der Waals surface area contributed by atoms with E-state index in [9.17, 15) is 0 Å². The van der Waals surface area contributed by atoms with Crippen molar-refractivity contribution >= 4 is 5.65 Å². The lowest BCUT2D eigenvalue weighted by atomic mass is 10.0. The van der Waals surface area contributed by atoms with Crippen LogP contribution in [0.1, 0.15) is 62.9 Å². The summed E-state index contributed by atoms with van der Waals surface area (Å²) in [6.07, 6.45) is 12.3. The van der Waals surface area contributed by atoms with E-state index in [0.29, 0.717) is 5.92 Å². The summed E-state index contributed by atoms with van der Waals surface area (Å²) < 4.78 is 4.02. The van der Waals surface area contributed by atoms with E-state index in [1.807, 2.05) is 16.8 Å². The van der Waals surface area contributed by atoms with Gasteiger partial charge in [-0.2, -0.15) is 10.2 Å². The van der Waals surface area contributed by atoms with Crippen molar-refractivity contribution in [3.8, 4) is 11.3 Å². The van der Waals surface area contributed by atoms with Crippen molar-refractivity contribution in [1.82, 2.24) is 29.3 Å². The van der Waals surface area contributed by atoms with Crippen LogP contribution < -0.4 is 0 Å². The van der Waals surface area contributed by atoms with Gasteiger partial charge in [0.05, 0.1) is 11.9 Å². The van der Waals surface area contributed by atoms with Crippen LogP contribution in [0.15, 0.2) is 54.9 Å². The van der Waals surface area contributed by atoms with Gasteiger partial charge in [0.1, 0.15) is 0 Å². The van der Waals surface area contributed by atoms with Crippen LogP contribution in [-0.4, -0.2) is 48.9 Å². The molecule has 1 aromatic carbocycles. The van der Waals surface area contributed by atoms with Crippen LogP contribution in [-0.2, 0) is 19.4 Å². The van der Waals surface area contributed by atoms with Crippen LogP contribution >= 0.6 is 0 Å². The zero-order valence-electron chi connectivity index (χ0n) is 21.2. The van der Waals surface area contributed by atoms with E-state index < -0.39 is 0 Å². The molecule has 4 aromatic rings. The van der Waals surface area contributed by atoms with Crippen LogP contribution in [0.4, 0.5) is 0 Å². The summed E-state index contributed by atoms with van der Waals surface area (Å²) in [6, 6.07) is 15.2. The van der Waals surface area contributed by atoms with E-state index in [4.69, 9.17) is 10.1 Å². The highest BCUT2D eigenvalue weighted by atomic mass is 15.3. The first kappa shape index (κ1) is 23.7. The highest BCUT2D eigenvalue weighted by Crippen LogP contribution is 2.21. The molecule has 0 radical (unpaired) electrons. The van der Waals surface area contributed by atoms with Crippen molar-refractivity contribution in [3.05, 3.63) is 71.8 Å². The number of fused-ring (bicyclic) bond motifs is 1. The number of nitrogens with zero attached hydrogens (tertiary/aromatic N) is 6. The summed E-state index contributed by atoms with van der Waals surface area (Å²) in [5, 5.41) is 9.48. The Morgan fingerprint density at radius 2 is 1.71 bits per heavy atom. The highest BCUT2D eigenvalue weighted by molar-refractivity contribution is 5.61. The van der Waals surface area contributed by atoms with Crippen molar-refractivity contribution in [2.24, 2.45) is 5.92 Å². The first-order chi connectivity index (χ1) is 17.2. The van der Waals surface area contributed by atoms with E-state index in [0.717, 1.165) is 42.1 Å². The van der Waals surface area contributed by atoms with Gasteiger partial charge in [-0.15, -0.1) is 0 Å². The summed E-state index contributed by atoms with van der Waals surface area (Å²) in [5.41, 5.74) is 5.66. The van der Waals surface area contributed by atoms with Crippen LogP contribution in [0.5, 0.6) is 0 Å². The molecule has 184 valence electrons. The van der Waals surface area contributed by atoms with Gasteiger partial charge in [0.15, 0.2) is 11.5 Å². The summed E-state index contributed by atoms with van der Waals surface area (Å²) in [6.45, 7) is 9.25. The molecule has 1 fully saturated rings. The molecule has 3 aromatic heterocycles. The third-order valence-electron chi connectivity index (χ3n) is 7.46.